The summed E-state index contributed by atoms with van der Waals surface area (Å²) >= 11 is 0. The summed E-state index contributed by atoms with van der Waals surface area (Å²) in [6.07, 6.45) is 5.29. The zero-order chi connectivity index (χ0) is 18.3. The summed E-state index contributed by atoms with van der Waals surface area (Å²) in [5, 5.41) is 0. The summed E-state index contributed by atoms with van der Waals surface area (Å²) < 4.78 is 22.6. The highest BCUT2D eigenvalue weighted by molar-refractivity contribution is 5.95. The van der Waals surface area contributed by atoms with Crippen molar-refractivity contribution in [1.29, 1.82) is 0 Å². The summed E-state index contributed by atoms with van der Waals surface area (Å²) in [7, 11) is 1.59. The van der Waals surface area contributed by atoms with Gasteiger partial charge in [-0.3, -0.25) is 4.79 Å². The molecule has 0 N–H and O–H groups in total. The molecule has 5 nitrogen and oxygen atoms in total. The van der Waals surface area contributed by atoms with Crippen molar-refractivity contribution in [1.82, 2.24) is 0 Å². The minimum atomic E-state index is -0.408. The van der Waals surface area contributed by atoms with Gasteiger partial charge in [0.1, 0.15) is 18.0 Å². The van der Waals surface area contributed by atoms with Crippen molar-refractivity contribution in [3.63, 3.8) is 0 Å². The van der Waals surface area contributed by atoms with Gasteiger partial charge in [-0.05, 0) is 30.5 Å². The van der Waals surface area contributed by atoms with Crippen LogP contribution in [0, 0.1) is 11.3 Å². The molecule has 0 amide bonds. The van der Waals surface area contributed by atoms with E-state index in [-0.39, 0.29) is 30.0 Å². The van der Waals surface area contributed by atoms with Gasteiger partial charge in [-0.2, -0.15) is 0 Å². The highest BCUT2D eigenvalue weighted by Gasteiger charge is 2.54. The molecule has 1 aromatic carbocycles. The number of ketones is 1. The maximum Gasteiger partial charge on any atom is 0.231 e. The monoisotopic (exact) mass is 356 g/mol. The molecule has 0 bridgehead atoms. The van der Waals surface area contributed by atoms with E-state index in [2.05, 4.69) is 13.5 Å². The fourth-order valence-electron chi connectivity index (χ4n) is 4.43. The van der Waals surface area contributed by atoms with Gasteiger partial charge in [0.15, 0.2) is 17.3 Å². The predicted molar refractivity (Wildman–Crippen MR) is 96.1 cm³/mol. The summed E-state index contributed by atoms with van der Waals surface area (Å²) in [5.74, 6) is 2.57. The highest BCUT2D eigenvalue weighted by atomic mass is 16.7. The van der Waals surface area contributed by atoms with Crippen molar-refractivity contribution in [2.24, 2.45) is 11.3 Å². The molecule has 1 saturated heterocycles. The molecule has 0 aromatic heterocycles. The first-order valence-corrected chi connectivity index (χ1v) is 9.02. The molecule has 2 heterocycles. The molecule has 4 rings (SSSR count). The number of carbonyl (C=O) groups excluding carboxylic acids is 1. The number of carbonyl (C=O) groups is 1. The van der Waals surface area contributed by atoms with Crippen molar-refractivity contribution in [2.75, 3.05) is 13.9 Å². The van der Waals surface area contributed by atoms with E-state index in [1.54, 1.807) is 13.2 Å². The molecule has 1 aromatic rings. The van der Waals surface area contributed by atoms with Crippen LogP contribution in [0.1, 0.15) is 25.3 Å². The standard InChI is InChI=1S/C21H24O5/c1-4-7-21-11-19(23-3)15(22)10-20(21)26-17(13(21)2)8-14-5-6-16-18(9-14)25-12-24-16/h4-6,9-10,13,17,19H,1,7-8,11-12H2,2-3H3/t13-,17-,19+,21+/m0/s1. The van der Waals surface area contributed by atoms with Crippen LogP contribution in [-0.2, 0) is 20.7 Å². The Kier molecular flexibility index (Phi) is 4.27. The second-order valence-corrected chi connectivity index (χ2v) is 7.33. The molecule has 2 aliphatic heterocycles. The van der Waals surface area contributed by atoms with E-state index in [1.165, 1.54) is 0 Å². The topological polar surface area (TPSA) is 54.0 Å². The van der Waals surface area contributed by atoms with E-state index in [1.807, 2.05) is 24.3 Å². The number of methoxy groups -OCH3 is 1. The fourth-order valence-corrected chi connectivity index (χ4v) is 4.43. The maximum atomic E-state index is 12.3. The Hall–Kier alpha value is -2.27. The number of benzene rings is 1. The van der Waals surface area contributed by atoms with Crippen LogP contribution in [0.3, 0.4) is 0 Å². The number of hydrogen-bond acceptors (Lipinski definition) is 5. The summed E-state index contributed by atoms with van der Waals surface area (Å²) in [4.78, 5) is 12.3. The quantitative estimate of drug-likeness (QED) is 0.757. The maximum absolute atomic E-state index is 12.3. The smallest absolute Gasteiger partial charge is 0.231 e. The van der Waals surface area contributed by atoms with Gasteiger partial charge in [-0.1, -0.05) is 19.1 Å². The van der Waals surface area contributed by atoms with Crippen LogP contribution in [-0.4, -0.2) is 31.9 Å². The van der Waals surface area contributed by atoms with E-state index in [9.17, 15) is 4.79 Å². The Morgan fingerprint density at radius 1 is 1.35 bits per heavy atom. The molecule has 5 heteroatoms. The third-order valence-corrected chi connectivity index (χ3v) is 6.01. The number of fused-ring (bicyclic) bond motifs is 2. The Morgan fingerprint density at radius 2 is 2.15 bits per heavy atom. The number of ether oxygens (including phenoxy) is 4. The van der Waals surface area contributed by atoms with Crippen LogP contribution in [0.2, 0.25) is 0 Å². The van der Waals surface area contributed by atoms with Crippen molar-refractivity contribution >= 4 is 5.78 Å². The van der Waals surface area contributed by atoms with Crippen molar-refractivity contribution in [3.8, 4) is 11.5 Å². The molecule has 0 radical (unpaired) electrons. The van der Waals surface area contributed by atoms with Crippen LogP contribution in [0.25, 0.3) is 0 Å². The minimum absolute atomic E-state index is 0.00928. The van der Waals surface area contributed by atoms with Gasteiger partial charge < -0.3 is 18.9 Å². The first kappa shape index (κ1) is 17.2. The van der Waals surface area contributed by atoms with Crippen molar-refractivity contribution < 1.29 is 23.7 Å². The van der Waals surface area contributed by atoms with Crippen molar-refractivity contribution in [2.45, 2.75) is 38.4 Å². The Bertz CT molecular complexity index is 768. The first-order valence-electron chi connectivity index (χ1n) is 9.02. The molecule has 26 heavy (non-hydrogen) atoms. The van der Waals surface area contributed by atoms with Crippen LogP contribution in [0.15, 0.2) is 42.7 Å². The lowest BCUT2D eigenvalue weighted by atomic mass is 9.65. The third kappa shape index (κ3) is 2.62. The third-order valence-electron chi connectivity index (χ3n) is 6.01. The zero-order valence-corrected chi connectivity index (χ0v) is 15.2. The Labute approximate surface area is 153 Å². The molecule has 0 saturated carbocycles. The number of allylic oxidation sites excluding steroid dienone is 2. The summed E-state index contributed by atoms with van der Waals surface area (Å²) in [6.45, 7) is 6.39. The molecule has 4 atom stereocenters. The second kappa shape index (κ2) is 6.47. The van der Waals surface area contributed by atoms with E-state index >= 15 is 0 Å². The van der Waals surface area contributed by atoms with Gasteiger partial charge in [-0.15, -0.1) is 6.58 Å². The number of rotatable bonds is 5. The van der Waals surface area contributed by atoms with Crippen molar-refractivity contribution in [3.05, 3.63) is 48.3 Å². The SMILES string of the molecule is C=CC[C@]12C[C@@H](OC)C(=O)C=C1O[C@@H](Cc1ccc3c(c1)OCO3)[C@@H]2C. The molecular weight excluding hydrogens is 332 g/mol. The minimum Gasteiger partial charge on any atom is -0.493 e. The molecule has 1 fully saturated rings. The molecule has 3 aliphatic rings. The van der Waals surface area contributed by atoms with E-state index in [0.29, 0.717) is 6.42 Å². The average molecular weight is 356 g/mol. The lowest BCUT2D eigenvalue weighted by Crippen LogP contribution is -2.40. The van der Waals surface area contributed by atoms with E-state index in [0.717, 1.165) is 35.7 Å². The Balaban J connectivity index is 1.61. The average Bonchev–Trinajstić information content (AvgIpc) is 3.19. The van der Waals surface area contributed by atoms with Crippen LogP contribution in [0.5, 0.6) is 11.5 Å². The molecule has 0 unspecified atom stereocenters. The Morgan fingerprint density at radius 3 is 2.92 bits per heavy atom. The summed E-state index contributed by atoms with van der Waals surface area (Å²) in [6, 6.07) is 5.99. The van der Waals surface area contributed by atoms with Crippen LogP contribution in [0.4, 0.5) is 0 Å². The lowest BCUT2D eigenvalue weighted by Gasteiger charge is -2.37. The first-order chi connectivity index (χ1) is 12.6. The van der Waals surface area contributed by atoms with Gasteiger partial charge in [0.05, 0.1) is 0 Å². The molecular formula is C21H24O5. The molecule has 138 valence electrons. The molecule has 0 spiro atoms. The van der Waals surface area contributed by atoms with Gasteiger partial charge in [0.2, 0.25) is 6.79 Å². The van der Waals surface area contributed by atoms with Gasteiger partial charge in [-0.25, -0.2) is 0 Å². The molecule has 1 aliphatic carbocycles. The number of hydrogen-bond donors (Lipinski definition) is 0. The largest absolute Gasteiger partial charge is 0.493 e. The van der Waals surface area contributed by atoms with Crippen LogP contribution < -0.4 is 9.47 Å². The van der Waals surface area contributed by atoms with Gasteiger partial charge in [0, 0.05) is 30.9 Å². The van der Waals surface area contributed by atoms with Crippen LogP contribution >= 0.6 is 0 Å². The summed E-state index contributed by atoms with van der Waals surface area (Å²) in [5.41, 5.74) is 0.908. The second-order valence-electron chi connectivity index (χ2n) is 7.33. The fraction of sp³-hybridized carbons (Fsp3) is 0.476. The lowest BCUT2D eigenvalue weighted by molar-refractivity contribution is -0.127. The predicted octanol–water partition coefficient (Wildman–Crippen LogP) is 3.43. The zero-order valence-electron chi connectivity index (χ0n) is 15.2. The van der Waals surface area contributed by atoms with Gasteiger partial charge in [0.25, 0.3) is 0 Å². The van der Waals surface area contributed by atoms with Gasteiger partial charge >= 0.3 is 0 Å². The van der Waals surface area contributed by atoms with E-state index < -0.39 is 6.10 Å². The normalized spacial score (nSPS) is 32.0. The highest BCUT2D eigenvalue weighted by Crippen LogP contribution is 2.55. The van der Waals surface area contributed by atoms with E-state index in [4.69, 9.17) is 18.9 Å².